The predicted octanol–water partition coefficient (Wildman–Crippen LogP) is 4.14. The normalized spacial score (nSPS) is 17.9. The number of phenolic OH excluding ortho intramolecular Hbond substituents is 1. The van der Waals surface area contributed by atoms with Crippen molar-refractivity contribution in [2.75, 3.05) is 12.4 Å². The fourth-order valence-corrected chi connectivity index (χ4v) is 4.01. The Hall–Kier alpha value is -1.55. The molecule has 1 aromatic carbocycles. The van der Waals surface area contributed by atoms with Crippen molar-refractivity contribution in [1.29, 1.82) is 0 Å². The van der Waals surface area contributed by atoms with E-state index in [-0.39, 0.29) is 5.41 Å². The van der Waals surface area contributed by atoms with Crippen LogP contribution in [0.1, 0.15) is 43.4 Å². The quantitative estimate of drug-likeness (QED) is 0.892. The van der Waals surface area contributed by atoms with Crippen LogP contribution in [0.5, 0.6) is 5.75 Å². The molecule has 0 radical (unpaired) electrons. The molecule has 0 atom stereocenters. The van der Waals surface area contributed by atoms with Crippen molar-refractivity contribution in [2.24, 2.45) is 0 Å². The van der Waals surface area contributed by atoms with Gasteiger partial charge in [-0.3, -0.25) is 0 Å². The van der Waals surface area contributed by atoms with Crippen molar-refractivity contribution in [1.82, 2.24) is 4.98 Å². The Morgan fingerprint density at radius 2 is 1.85 bits per heavy atom. The van der Waals surface area contributed by atoms with E-state index in [1.807, 2.05) is 7.05 Å². The molecule has 3 nitrogen and oxygen atoms in total. The van der Waals surface area contributed by atoms with Crippen LogP contribution in [0.15, 0.2) is 29.6 Å². The summed E-state index contributed by atoms with van der Waals surface area (Å²) < 4.78 is 0. The van der Waals surface area contributed by atoms with Gasteiger partial charge < -0.3 is 10.4 Å². The monoisotopic (exact) mass is 288 g/mol. The van der Waals surface area contributed by atoms with Crippen LogP contribution in [0, 0.1) is 0 Å². The number of aromatic hydroxyl groups is 1. The van der Waals surface area contributed by atoms with E-state index in [4.69, 9.17) is 4.98 Å². The smallest absolute Gasteiger partial charge is 0.182 e. The standard InChI is InChI=1S/C16H20N2OS/c1-17-15-18-14(11-20-15)16(9-3-2-4-10-16)12-5-7-13(19)8-6-12/h5-8,11,19H,2-4,9-10H2,1H3,(H,17,18). The third kappa shape index (κ3) is 2.29. The lowest BCUT2D eigenvalue weighted by Crippen LogP contribution is -2.30. The Labute approximate surface area is 123 Å². The topological polar surface area (TPSA) is 45.2 Å². The maximum Gasteiger partial charge on any atom is 0.182 e. The number of hydrogen-bond donors (Lipinski definition) is 2. The van der Waals surface area contributed by atoms with Crippen molar-refractivity contribution in [3.05, 3.63) is 40.9 Å². The summed E-state index contributed by atoms with van der Waals surface area (Å²) in [6.07, 6.45) is 6.08. The van der Waals surface area contributed by atoms with Gasteiger partial charge in [0.05, 0.1) is 5.69 Å². The zero-order chi connectivity index (χ0) is 14.0. The molecule has 1 saturated carbocycles. The second-order valence-corrected chi connectivity index (χ2v) is 6.34. The highest BCUT2D eigenvalue weighted by Crippen LogP contribution is 2.45. The molecule has 0 unspecified atom stereocenters. The van der Waals surface area contributed by atoms with Crippen molar-refractivity contribution >= 4 is 16.5 Å². The third-order valence-corrected chi connectivity index (χ3v) is 5.20. The molecule has 1 aliphatic carbocycles. The molecule has 2 N–H and O–H groups in total. The largest absolute Gasteiger partial charge is 0.508 e. The van der Waals surface area contributed by atoms with E-state index >= 15 is 0 Å². The average molecular weight is 288 g/mol. The summed E-state index contributed by atoms with van der Waals surface area (Å²) in [5.41, 5.74) is 2.48. The maximum absolute atomic E-state index is 9.53. The maximum atomic E-state index is 9.53. The van der Waals surface area contributed by atoms with E-state index in [1.165, 1.54) is 30.5 Å². The summed E-state index contributed by atoms with van der Waals surface area (Å²) in [5.74, 6) is 0.328. The number of nitrogens with one attached hydrogen (secondary N) is 1. The van der Waals surface area contributed by atoms with Gasteiger partial charge in [0.15, 0.2) is 5.13 Å². The van der Waals surface area contributed by atoms with Crippen molar-refractivity contribution in [3.8, 4) is 5.75 Å². The molecule has 0 saturated heterocycles. The summed E-state index contributed by atoms with van der Waals surface area (Å²) in [4.78, 5) is 4.77. The first kappa shape index (κ1) is 13.4. The molecule has 1 heterocycles. The van der Waals surface area contributed by atoms with E-state index in [0.717, 1.165) is 18.0 Å². The summed E-state index contributed by atoms with van der Waals surface area (Å²) in [7, 11) is 1.91. The molecular weight excluding hydrogens is 268 g/mol. The molecule has 1 aromatic heterocycles. The lowest BCUT2D eigenvalue weighted by molar-refractivity contribution is 0.339. The van der Waals surface area contributed by atoms with Crippen LogP contribution in [-0.4, -0.2) is 17.1 Å². The predicted molar refractivity (Wildman–Crippen MR) is 83.6 cm³/mol. The number of anilines is 1. The molecule has 20 heavy (non-hydrogen) atoms. The molecule has 106 valence electrons. The van der Waals surface area contributed by atoms with Crippen molar-refractivity contribution in [2.45, 2.75) is 37.5 Å². The Bertz CT molecular complexity index is 570. The Balaban J connectivity index is 2.05. The van der Waals surface area contributed by atoms with E-state index in [2.05, 4.69) is 22.8 Å². The van der Waals surface area contributed by atoms with Gasteiger partial charge in [0, 0.05) is 17.8 Å². The first-order chi connectivity index (χ1) is 9.74. The molecule has 0 spiro atoms. The Morgan fingerprint density at radius 3 is 2.45 bits per heavy atom. The zero-order valence-electron chi connectivity index (χ0n) is 11.7. The van der Waals surface area contributed by atoms with Gasteiger partial charge in [0.2, 0.25) is 0 Å². The van der Waals surface area contributed by atoms with Crippen LogP contribution in [0.3, 0.4) is 0 Å². The van der Waals surface area contributed by atoms with Gasteiger partial charge in [-0.2, -0.15) is 0 Å². The molecule has 1 aliphatic rings. The molecule has 0 aliphatic heterocycles. The van der Waals surface area contributed by atoms with Crippen LogP contribution in [0.4, 0.5) is 5.13 Å². The third-order valence-electron chi connectivity index (χ3n) is 4.34. The van der Waals surface area contributed by atoms with Crippen molar-refractivity contribution < 1.29 is 5.11 Å². The Morgan fingerprint density at radius 1 is 1.15 bits per heavy atom. The highest BCUT2D eigenvalue weighted by molar-refractivity contribution is 7.13. The van der Waals surface area contributed by atoms with Crippen LogP contribution in [0.2, 0.25) is 0 Å². The van der Waals surface area contributed by atoms with Crippen molar-refractivity contribution in [3.63, 3.8) is 0 Å². The van der Waals surface area contributed by atoms with Gasteiger partial charge in [0.1, 0.15) is 5.75 Å². The molecule has 0 amide bonds. The van der Waals surface area contributed by atoms with Gasteiger partial charge in [-0.05, 0) is 30.5 Å². The molecule has 0 bridgehead atoms. The fraction of sp³-hybridized carbons (Fsp3) is 0.438. The number of nitrogens with zero attached hydrogens (tertiary/aromatic N) is 1. The lowest BCUT2D eigenvalue weighted by atomic mass is 9.67. The first-order valence-corrected chi connectivity index (χ1v) is 8.06. The lowest BCUT2D eigenvalue weighted by Gasteiger charge is -2.36. The molecule has 2 aromatic rings. The zero-order valence-corrected chi connectivity index (χ0v) is 12.5. The molecule has 3 rings (SSSR count). The first-order valence-electron chi connectivity index (χ1n) is 7.18. The summed E-state index contributed by atoms with van der Waals surface area (Å²) in [5, 5.41) is 15.8. The summed E-state index contributed by atoms with van der Waals surface area (Å²) >= 11 is 1.67. The highest BCUT2D eigenvalue weighted by Gasteiger charge is 2.37. The van der Waals surface area contributed by atoms with E-state index < -0.39 is 0 Å². The minimum absolute atomic E-state index is 0.0253. The van der Waals surface area contributed by atoms with Crippen LogP contribution in [-0.2, 0) is 5.41 Å². The Kier molecular flexibility index (Phi) is 3.66. The number of thiazole rings is 1. The number of rotatable bonds is 3. The second-order valence-electron chi connectivity index (χ2n) is 5.48. The summed E-state index contributed by atoms with van der Waals surface area (Å²) in [6.45, 7) is 0. The summed E-state index contributed by atoms with van der Waals surface area (Å²) in [6, 6.07) is 7.69. The minimum atomic E-state index is 0.0253. The fourth-order valence-electron chi connectivity index (χ4n) is 3.24. The van der Waals surface area contributed by atoms with Gasteiger partial charge in [-0.15, -0.1) is 11.3 Å². The highest BCUT2D eigenvalue weighted by atomic mass is 32.1. The van der Waals surface area contributed by atoms with Crippen LogP contribution < -0.4 is 5.32 Å². The SMILES string of the molecule is CNc1nc(C2(c3ccc(O)cc3)CCCCC2)cs1. The number of phenols is 1. The number of aromatic nitrogens is 1. The molecular formula is C16H20N2OS. The van der Waals surface area contributed by atoms with Gasteiger partial charge in [-0.25, -0.2) is 4.98 Å². The average Bonchev–Trinajstić information content (AvgIpc) is 2.98. The molecule has 1 fully saturated rings. The second kappa shape index (κ2) is 5.44. The number of hydrogen-bond acceptors (Lipinski definition) is 4. The van der Waals surface area contributed by atoms with Crippen LogP contribution in [0.25, 0.3) is 0 Å². The van der Waals surface area contributed by atoms with Crippen LogP contribution >= 0.6 is 11.3 Å². The van der Waals surface area contributed by atoms with E-state index in [9.17, 15) is 5.11 Å². The van der Waals surface area contributed by atoms with Gasteiger partial charge in [0.25, 0.3) is 0 Å². The van der Waals surface area contributed by atoms with E-state index in [1.54, 1.807) is 23.5 Å². The van der Waals surface area contributed by atoms with Gasteiger partial charge >= 0.3 is 0 Å². The minimum Gasteiger partial charge on any atom is -0.508 e. The molecule has 4 heteroatoms. The van der Waals surface area contributed by atoms with Gasteiger partial charge in [-0.1, -0.05) is 31.4 Å². The van der Waals surface area contributed by atoms with E-state index in [0.29, 0.717) is 5.75 Å². The number of benzene rings is 1.